The summed E-state index contributed by atoms with van der Waals surface area (Å²) in [5.41, 5.74) is 0. The van der Waals surface area contributed by atoms with Crippen LogP contribution in [0.4, 0.5) is 5.13 Å². The van der Waals surface area contributed by atoms with E-state index < -0.39 is 0 Å². The minimum Gasteiger partial charge on any atom is -0.355 e. The van der Waals surface area contributed by atoms with Crippen LogP contribution < -0.4 is 5.32 Å². The molecule has 1 N–H and O–H groups in total. The van der Waals surface area contributed by atoms with E-state index in [1.165, 1.54) is 4.70 Å². The Hall–Kier alpha value is -1.17. The number of aromatic nitrogens is 2. The molecular weight excluding hydrogens is 322 g/mol. The fraction of sp³-hybridized carbons (Fsp3) is 0.333. The van der Waals surface area contributed by atoms with Crippen LogP contribution in [0.3, 0.4) is 0 Å². The van der Waals surface area contributed by atoms with E-state index in [2.05, 4.69) is 41.5 Å². The number of hydrogen-bond acceptors (Lipinski definition) is 5. The molecule has 2 heterocycles. The zero-order valence-corrected chi connectivity index (χ0v) is 14.3. The van der Waals surface area contributed by atoms with Crippen molar-refractivity contribution >= 4 is 49.5 Å². The third-order valence-corrected chi connectivity index (χ3v) is 5.67. The van der Waals surface area contributed by atoms with Crippen molar-refractivity contribution in [1.29, 1.82) is 0 Å². The highest BCUT2D eigenvalue weighted by Gasteiger charge is 2.11. The van der Waals surface area contributed by atoms with Gasteiger partial charge in [-0.15, -0.1) is 21.5 Å². The number of anilines is 1. The van der Waals surface area contributed by atoms with Crippen molar-refractivity contribution < 1.29 is 0 Å². The number of benzene rings is 1. The van der Waals surface area contributed by atoms with E-state index in [9.17, 15) is 0 Å². The van der Waals surface area contributed by atoms with Crippen molar-refractivity contribution in [3.8, 4) is 0 Å². The second-order valence-corrected chi connectivity index (χ2v) is 7.86. The summed E-state index contributed by atoms with van der Waals surface area (Å²) in [6.07, 6.45) is 0.975. The molecule has 0 aliphatic rings. The van der Waals surface area contributed by atoms with Crippen molar-refractivity contribution in [2.24, 2.45) is 5.92 Å². The molecule has 0 saturated heterocycles. The molecule has 0 unspecified atom stereocenters. The van der Waals surface area contributed by atoms with Crippen LogP contribution >= 0.6 is 34.3 Å². The summed E-state index contributed by atoms with van der Waals surface area (Å²) < 4.78 is 1.22. The molecule has 21 heavy (non-hydrogen) atoms. The van der Waals surface area contributed by atoms with Gasteiger partial charge in [-0.05, 0) is 12.0 Å². The molecule has 6 heteroatoms. The maximum atomic E-state index is 6.44. The molecule has 0 spiro atoms. The van der Waals surface area contributed by atoms with Gasteiger partial charge >= 0.3 is 0 Å². The van der Waals surface area contributed by atoms with Gasteiger partial charge in [-0.1, -0.05) is 55.0 Å². The van der Waals surface area contributed by atoms with Gasteiger partial charge in [0.15, 0.2) is 0 Å². The molecule has 2 aromatic heterocycles. The number of halogens is 1. The standard InChI is InChI=1S/C15H16ClN3S2/c1-9(2)7-13-18-19-15(21-13)17-8-12-14(16)10-5-3-4-6-11(10)20-12/h3-6,9H,7-8H2,1-2H3,(H,17,19). The maximum absolute atomic E-state index is 6.44. The number of nitrogens with one attached hydrogen (secondary N) is 1. The molecule has 110 valence electrons. The van der Waals surface area contributed by atoms with Crippen molar-refractivity contribution in [3.63, 3.8) is 0 Å². The van der Waals surface area contributed by atoms with Gasteiger partial charge < -0.3 is 5.32 Å². The molecule has 1 aromatic carbocycles. The second-order valence-electron chi connectivity index (χ2n) is 5.29. The van der Waals surface area contributed by atoms with E-state index in [-0.39, 0.29) is 0 Å². The first-order valence-electron chi connectivity index (χ1n) is 6.85. The average molecular weight is 338 g/mol. The third-order valence-electron chi connectivity index (χ3n) is 3.05. The van der Waals surface area contributed by atoms with E-state index in [4.69, 9.17) is 11.6 Å². The third kappa shape index (κ3) is 3.36. The predicted molar refractivity (Wildman–Crippen MR) is 92.6 cm³/mol. The molecule has 3 rings (SSSR count). The average Bonchev–Trinajstić information content (AvgIpc) is 3.02. The van der Waals surface area contributed by atoms with Crippen LogP contribution in [0, 0.1) is 5.92 Å². The Labute approximate surface area is 137 Å². The zero-order chi connectivity index (χ0) is 14.8. The Bertz CT molecular complexity index is 748. The van der Waals surface area contributed by atoms with Gasteiger partial charge in [-0.25, -0.2) is 0 Å². The minimum atomic E-state index is 0.600. The smallest absolute Gasteiger partial charge is 0.205 e. The fourth-order valence-corrected chi connectivity index (χ4v) is 4.48. The van der Waals surface area contributed by atoms with Crippen molar-refractivity contribution in [1.82, 2.24) is 10.2 Å². The maximum Gasteiger partial charge on any atom is 0.205 e. The monoisotopic (exact) mass is 337 g/mol. The molecule has 3 nitrogen and oxygen atoms in total. The van der Waals surface area contributed by atoms with Crippen LogP contribution in [0.25, 0.3) is 10.1 Å². The highest BCUT2D eigenvalue weighted by molar-refractivity contribution is 7.19. The predicted octanol–water partition coefficient (Wildman–Crippen LogP) is 5.22. The Morgan fingerprint density at radius 2 is 2.00 bits per heavy atom. The lowest BCUT2D eigenvalue weighted by Gasteiger charge is -2.00. The van der Waals surface area contributed by atoms with E-state index in [0.717, 1.165) is 31.8 Å². The van der Waals surface area contributed by atoms with Gasteiger partial charge in [0.1, 0.15) is 5.01 Å². The number of rotatable bonds is 5. The zero-order valence-electron chi connectivity index (χ0n) is 11.9. The van der Waals surface area contributed by atoms with Crippen LogP contribution in [0.2, 0.25) is 5.02 Å². The van der Waals surface area contributed by atoms with Gasteiger partial charge in [0.05, 0.1) is 11.6 Å². The molecule has 0 aliphatic carbocycles. The van der Waals surface area contributed by atoms with Crippen molar-refractivity contribution in [3.05, 3.63) is 39.2 Å². The summed E-state index contributed by atoms with van der Waals surface area (Å²) in [4.78, 5) is 1.14. The molecule has 0 atom stereocenters. The number of hydrogen-bond donors (Lipinski definition) is 1. The fourth-order valence-electron chi connectivity index (χ4n) is 2.09. The first-order chi connectivity index (χ1) is 10.1. The van der Waals surface area contributed by atoms with E-state index in [1.807, 2.05) is 12.1 Å². The first-order valence-corrected chi connectivity index (χ1v) is 8.86. The number of nitrogens with zero attached hydrogens (tertiary/aromatic N) is 2. The van der Waals surface area contributed by atoms with Gasteiger partial charge in [0.25, 0.3) is 0 Å². The largest absolute Gasteiger partial charge is 0.355 e. The molecule has 0 aliphatic heterocycles. The summed E-state index contributed by atoms with van der Waals surface area (Å²) in [7, 11) is 0. The molecule has 0 bridgehead atoms. The topological polar surface area (TPSA) is 37.8 Å². The molecular formula is C15H16ClN3S2. The van der Waals surface area contributed by atoms with E-state index >= 15 is 0 Å². The van der Waals surface area contributed by atoms with Crippen LogP contribution in [0.1, 0.15) is 23.7 Å². The van der Waals surface area contributed by atoms with Gasteiger partial charge in [-0.3, -0.25) is 0 Å². The quantitative estimate of drug-likeness (QED) is 0.693. The first kappa shape index (κ1) is 14.8. The van der Waals surface area contributed by atoms with Crippen molar-refractivity contribution in [2.45, 2.75) is 26.8 Å². The lowest BCUT2D eigenvalue weighted by molar-refractivity contribution is 0.640. The highest BCUT2D eigenvalue weighted by Crippen LogP contribution is 2.35. The highest BCUT2D eigenvalue weighted by atomic mass is 35.5. The molecule has 0 radical (unpaired) electrons. The lowest BCUT2D eigenvalue weighted by Crippen LogP contribution is -1.97. The lowest BCUT2D eigenvalue weighted by atomic mass is 10.1. The summed E-state index contributed by atoms with van der Waals surface area (Å²) in [6.45, 7) is 5.06. The van der Waals surface area contributed by atoms with Gasteiger partial charge in [0, 0.05) is 21.4 Å². The normalized spacial score (nSPS) is 11.4. The molecule has 0 saturated carbocycles. The summed E-state index contributed by atoms with van der Waals surface area (Å²) >= 11 is 9.78. The SMILES string of the molecule is CC(C)Cc1nnc(NCc2sc3ccccc3c2Cl)s1. The van der Waals surface area contributed by atoms with Gasteiger partial charge in [-0.2, -0.15) is 0 Å². The second kappa shape index (κ2) is 6.30. The Morgan fingerprint density at radius 1 is 1.19 bits per heavy atom. The van der Waals surface area contributed by atoms with E-state index in [1.54, 1.807) is 22.7 Å². The minimum absolute atomic E-state index is 0.600. The Kier molecular flexibility index (Phi) is 4.42. The Morgan fingerprint density at radius 3 is 2.76 bits per heavy atom. The Balaban J connectivity index is 1.71. The number of thiophene rings is 1. The summed E-state index contributed by atoms with van der Waals surface area (Å²) in [6, 6.07) is 8.21. The van der Waals surface area contributed by atoms with Crippen LogP contribution in [-0.2, 0) is 13.0 Å². The van der Waals surface area contributed by atoms with Crippen LogP contribution in [0.5, 0.6) is 0 Å². The number of fused-ring (bicyclic) bond motifs is 1. The van der Waals surface area contributed by atoms with Gasteiger partial charge in [0.2, 0.25) is 5.13 Å². The molecule has 0 amide bonds. The summed E-state index contributed by atoms with van der Waals surface area (Å²) in [5.74, 6) is 0.600. The van der Waals surface area contributed by atoms with Crippen molar-refractivity contribution in [2.75, 3.05) is 5.32 Å². The molecule has 0 fully saturated rings. The van der Waals surface area contributed by atoms with Crippen LogP contribution in [0.15, 0.2) is 24.3 Å². The molecule has 3 aromatic rings. The summed E-state index contributed by atoms with van der Waals surface area (Å²) in [5, 5.41) is 15.6. The van der Waals surface area contributed by atoms with Crippen LogP contribution in [-0.4, -0.2) is 10.2 Å². The van der Waals surface area contributed by atoms with E-state index in [0.29, 0.717) is 12.5 Å².